The Kier molecular flexibility index (Phi) is 4.78. The number of benzene rings is 2. The van der Waals surface area contributed by atoms with Crippen LogP contribution in [0.15, 0.2) is 63.5 Å². The van der Waals surface area contributed by atoms with Crippen molar-refractivity contribution in [2.24, 2.45) is 0 Å². The molecule has 0 radical (unpaired) electrons. The summed E-state index contributed by atoms with van der Waals surface area (Å²) in [5, 5.41) is 11.8. The molecule has 0 amide bonds. The molecule has 27 heavy (non-hydrogen) atoms. The van der Waals surface area contributed by atoms with Gasteiger partial charge in [-0.2, -0.15) is 4.98 Å². The van der Waals surface area contributed by atoms with Crippen molar-refractivity contribution in [1.82, 2.24) is 20.3 Å². The van der Waals surface area contributed by atoms with Gasteiger partial charge in [0.1, 0.15) is 5.75 Å². The molecule has 2 heterocycles. The zero-order chi connectivity index (χ0) is 18.5. The van der Waals surface area contributed by atoms with Crippen LogP contribution < -0.4 is 9.47 Å². The van der Waals surface area contributed by atoms with E-state index in [0.717, 1.165) is 11.1 Å². The van der Waals surface area contributed by atoms with Gasteiger partial charge < -0.3 is 18.4 Å². The molecule has 2 aromatic carbocycles. The first-order valence-corrected chi connectivity index (χ1v) is 8.40. The molecular formula is C19H16N4O4. The second-order valence-electron chi connectivity index (χ2n) is 5.47. The topological polar surface area (TPSA) is 96.3 Å². The molecule has 8 nitrogen and oxygen atoms in total. The van der Waals surface area contributed by atoms with Crippen LogP contribution in [0.1, 0.15) is 12.8 Å². The minimum absolute atomic E-state index is 0.0141. The molecule has 0 aliphatic heterocycles. The Morgan fingerprint density at radius 1 is 0.926 bits per heavy atom. The van der Waals surface area contributed by atoms with Crippen molar-refractivity contribution in [2.45, 2.75) is 13.5 Å². The fourth-order valence-electron chi connectivity index (χ4n) is 2.44. The highest BCUT2D eigenvalue weighted by Crippen LogP contribution is 2.27. The molecule has 0 spiro atoms. The van der Waals surface area contributed by atoms with E-state index in [-0.39, 0.29) is 18.6 Å². The third-order valence-corrected chi connectivity index (χ3v) is 3.64. The van der Waals surface area contributed by atoms with E-state index in [4.69, 9.17) is 18.4 Å². The summed E-state index contributed by atoms with van der Waals surface area (Å²) in [5.41, 5.74) is 1.56. The number of rotatable bonds is 7. The highest BCUT2D eigenvalue weighted by atomic mass is 16.6. The van der Waals surface area contributed by atoms with E-state index in [0.29, 0.717) is 24.1 Å². The number of hydrogen-bond donors (Lipinski definition) is 0. The highest BCUT2D eigenvalue weighted by molar-refractivity contribution is 5.63. The van der Waals surface area contributed by atoms with Gasteiger partial charge in [-0.25, -0.2) is 0 Å². The van der Waals surface area contributed by atoms with Crippen LogP contribution in [0.25, 0.3) is 22.8 Å². The van der Waals surface area contributed by atoms with Gasteiger partial charge in [0, 0.05) is 5.56 Å². The molecule has 4 aromatic rings. The van der Waals surface area contributed by atoms with E-state index >= 15 is 0 Å². The molecule has 0 saturated heterocycles. The summed E-state index contributed by atoms with van der Waals surface area (Å²) in [4.78, 5) is 4.33. The van der Waals surface area contributed by atoms with E-state index in [1.165, 1.54) is 0 Å². The van der Waals surface area contributed by atoms with E-state index in [1.54, 1.807) is 0 Å². The smallest absolute Gasteiger partial charge is 0.415 e. The SMILES string of the molecule is CCOc1ccccc1-c1noc(COc2nnc(-c3ccccc3)o2)n1. The van der Waals surface area contributed by atoms with Gasteiger partial charge in [0.25, 0.3) is 11.8 Å². The second-order valence-corrected chi connectivity index (χ2v) is 5.47. The van der Waals surface area contributed by atoms with Crippen molar-refractivity contribution in [1.29, 1.82) is 0 Å². The summed E-state index contributed by atoms with van der Waals surface area (Å²) >= 11 is 0. The highest BCUT2D eigenvalue weighted by Gasteiger charge is 2.15. The Bertz CT molecular complexity index is 1010. The Morgan fingerprint density at radius 3 is 2.59 bits per heavy atom. The number of hydrogen-bond acceptors (Lipinski definition) is 8. The predicted molar refractivity (Wildman–Crippen MR) is 95.0 cm³/mol. The average molecular weight is 364 g/mol. The molecule has 0 bridgehead atoms. The lowest BCUT2D eigenvalue weighted by Crippen LogP contribution is -1.97. The van der Waals surface area contributed by atoms with E-state index in [1.807, 2.05) is 61.5 Å². The largest absolute Gasteiger partial charge is 0.493 e. The molecule has 2 aromatic heterocycles. The summed E-state index contributed by atoms with van der Waals surface area (Å²) in [5.74, 6) is 1.78. The second kappa shape index (κ2) is 7.69. The number of nitrogens with zero attached hydrogens (tertiary/aromatic N) is 4. The van der Waals surface area contributed by atoms with Gasteiger partial charge >= 0.3 is 6.08 Å². The van der Waals surface area contributed by atoms with Crippen LogP contribution >= 0.6 is 0 Å². The van der Waals surface area contributed by atoms with Crippen molar-refractivity contribution in [3.8, 4) is 34.7 Å². The number of ether oxygens (including phenoxy) is 2. The molecule has 8 heteroatoms. The number of para-hydroxylation sites is 1. The predicted octanol–water partition coefficient (Wildman–Crippen LogP) is 3.76. The van der Waals surface area contributed by atoms with Crippen LogP contribution in [-0.2, 0) is 6.61 Å². The monoisotopic (exact) mass is 364 g/mol. The van der Waals surface area contributed by atoms with Crippen molar-refractivity contribution in [3.05, 3.63) is 60.5 Å². The molecule has 0 unspecified atom stereocenters. The first-order chi connectivity index (χ1) is 13.3. The molecule has 0 aliphatic rings. The summed E-state index contributed by atoms with van der Waals surface area (Å²) < 4.78 is 21.8. The molecule has 0 atom stereocenters. The molecular weight excluding hydrogens is 348 g/mol. The third-order valence-electron chi connectivity index (χ3n) is 3.64. The molecule has 4 rings (SSSR count). The third kappa shape index (κ3) is 3.79. The maximum absolute atomic E-state index is 5.59. The Morgan fingerprint density at radius 2 is 1.74 bits per heavy atom. The Labute approximate surface area is 154 Å². The normalized spacial score (nSPS) is 10.7. The maximum atomic E-state index is 5.59. The van der Waals surface area contributed by atoms with Gasteiger partial charge in [-0.1, -0.05) is 40.6 Å². The molecule has 0 fully saturated rings. The molecule has 0 saturated carbocycles. The van der Waals surface area contributed by atoms with Gasteiger partial charge in [0.15, 0.2) is 6.61 Å². The van der Waals surface area contributed by atoms with Gasteiger partial charge in [-0.15, -0.1) is 5.10 Å². The maximum Gasteiger partial charge on any atom is 0.415 e. The zero-order valence-corrected chi connectivity index (χ0v) is 14.5. The van der Waals surface area contributed by atoms with Gasteiger partial charge in [-0.05, 0) is 31.2 Å². The summed E-state index contributed by atoms with van der Waals surface area (Å²) in [6.07, 6.45) is 0.0309. The van der Waals surface area contributed by atoms with Crippen LogP contribution in [0.2, 0.25) is 0 Å². The van der Waals surface area contributed by atoms with Crippen molar-refractivity contribution in [3.63, 3.8) is 0 Å². The first kappa shape index (κ1) is 16.8. The van der Waals surface area contributed by atoms with Crippen LogP contribution in [0, 0.1) is 0 Å². The summed E-state index contributed by atoms with van der Waals surface area (Å²) in [6.45, 7) is 2.48. The van der Waals surface area contributed by atoms with Crippen molar-refractivity contribution < 1.29 is 18.4 Å². The molecule has 0 aliphatic carbocycles. The summed E-state index contributed by atoms with van der Waals surface area (Å²) in [7, 11) is 0. The number of aromatic nitrogens is 4. The molecule has 136 valence electrons. The van der Waals surface area contributed by atoms with Gasteiger partial charge in [-0.3, -0.25) is 0 Å². The fraction of sp³-hybridized carbons (Fsp3) is 0.158. The van der Waals surface area contributed by atoms with E-state index < -0.39 is 0 Å². The minimum Gasteiger partial charge on any atom is -0.493 e. The lowest BCUT2D eigenvalue weighted by molar-refractivity contribution is 0.188. The Hall–Kier alpha value is -3.68. The van der Waals surface area contributed by atoms with Gasteiger partial charge in [0.2, 0.25) is 5.82 Å². The lowest BCUT2D eigenvalue weighted by atomic mass is 10.2. The van der Waals surface area contributed by atoms with Crippen molar-refractivity contribution >= 4 is 0 Å². The first-order valence-electron chi connectivity index (χ1n) is 8.40. The quantitative estimate of drug-likeness (QED) is 0.489. The summed E-state index contributed by atoms with van der Waals surface area (Å²) in [6, 6.07) is 16.9. The zero-order valence-electron chi connectivity index (χ0n) is 14.5. The standard InChI is InChI=1S/C19H16N4O4/c1-2-24-15-11-7-6-10-14(15)17-20-16(27-23-17)12-25-19-22-21-18(26-19)13-8-4-3-5-9-13/h3-11H,2,12H2,1H3. The van der Waals surface area contributed by atoms with E-state index in [9.17, 15) is 0 Å². The van der Waals surface area contributed by atoms with Crippen LogP contribution in [0.5, 0.6) is 11.8 Å². The Balaban J connectivity index is 1.44. The average Bonchev–Trinajstić information content (AvgIpc) is 3.37. The van der Waals surface area contributed by atoms with Crippen LogP contribution in [0.4, 0.5) is 0 Å². The minimum atomic E-state index is 0.0141. The lowest BCUT2D eigenvalue weighted by Gasteiger charge is -2.05. The van der Waals surface area contributed by atoms with E-state index in [2.05, 4.69) is 20.3 Å². The fourth-order valence-corrected chi connectivity index (χ4v) is 2.44. The van der Waals surface area contributed by atoms with Crippen molar-refractivity contribution in [2.75, 3.05) is 6.61 Å². The molecule has 0 N–H and O–H groups in total. The van der Waals surface area contributed by atoms with Crippen LogP contribution in [-0.4, -0.2) is 26.9 Å². The van der Waals surface area contributed by atoms with Gasteiger partial charge in [0.05, 0.1) is 12.2 Å². The van der Waals surface area contributed by atoms with Crippen LogP contribution in [0.3, 0.4) is 0 Å².